The number of anilines is 1. The molecule has 1 aromatic rings. The van der Waals surface area contributed by atoms with E-state index in [0.717, 1.165) is 9.83 Å². The van der Waals surface area contributed by atoms with Gasteiger partial charge in [0.25, 0.3) is 0 Å². The van der Waals surface area contributed by atoms with E-state index in [-0.39, 0.29) is 0 Å². The molecule has 1 rings (SSSR count). The first-order chi connectivity index (χ1) is 6.87. The summed E-state index contributed by atoms with van der Waals surface area (Å²) in [6.45, 7) is 0. The number of hydrogen-bond acceptors (Lipinski definition) is 4. The molecule has 1 amide bonds. The zero-order chi connectivity index (χ0) is 11.5. The highest BCUT2D eigenvalue weighted by Gasteiger charge is 2.10. The van der Waals surface area contributed by atoms with Crippen molar-refractivity contribution in [3.8, 4) is 0 Å². The van der Waals surface area contributed by atoms with Gasteiger partial charge in [-0.05, 0) is 34.7 Å². The maximum absolute atomic E-state index is 11.2. The van der Waals surface area contributed by atoms with Gasteiger partial charge in [0.2, 0.25) is 5.91 Å². The first kappa shape index (κ1) is 12.4. The Balaban J connectivity index is 2.63. The van der Waals surface area contributed by atoms with Gasteiger partial charge >= 0.3 is 0 Å². The van der Waals surface area contributed by atoms with Crippen molar-refractivity contribution in [3.63, 3.8) is 0 Å². The van der Waals surface area contributed by atoms with Crippen LogP contribution in [0.4, 0.5) is 5.82 Å². The van der Waals surface area contributed by atoms with E-state index in [9.17, 15) is 13.2 Å². The van der Waals surface area contributed by atoms with Crippen LogP contribution in [0.1, 0.15) is 0 Å². The third-order valence-electron chi connectivity index (χ3n) is 1.39. The summed E-state index contributed by atoms with van der Waals surface area (Å²) in [5.41, 5.74) is 0. The predicted molar refractivity (Wildman–Crippen MR) is 65.3 cm³/mol. The summed E-state index contributed by atoms with van der Waals surface area (Å²) in [6, 6.07) is 3.38. The fourth-order valence-electron chi connectivity index (χ4n) is 0.867. The van der Waals surface area contributed by atoms with E-state index in [4.69, 9.17) is 0 Å². The maximum Gasteiger partial charge on any atom is 0.240 e. The SMILES string of the molecule is CS(=O)(=O)CC(=O)Nc1ccc(I)cn1. The van der Waals surface area contributed by atoms with Crippen LogP contribution in [0, 0.1) is 3.57 Å². The number of sulfone groups is 1. The minimum absolute atomic E-state index is 0.351. The number of pyridine rings is 1. The number of amides is 1. The number of nitrogens with one attached hydrogen (secondary N) is 1. The number of aromatic nitrogens is 1. The standard InChI is InChI=1S/C8H9IN2O3S/c1-15(13,14)5-8(12)11-7-3-2-6(9)4-10-7/h2-4H,5H2,1H3,(H,10,11,12). The minimum Gasteiger partial charge on any atom is -0.310 e. The molecule has 0 unspecified atom stereocenters. The predicted octanol–water partition coefficient (Wildman–Crippen LogP) is 0.669. The zero-order valence-corrected chi connectivity index (χ0v) is 10.9. The van der Waals surface area contributed by atoms with Crippen molar-refractivity contribution in [2.45, 2.75) is 0 Å². The van der Waals surface area contributed by atoms with Crippen LogP contribution in [0.3, 0.4) is 0 Å². The Hall–Kier alpha value is -0.700. The van der Waals surface area contributed by atoms with Crippen LogP contribution in [0.25, 0.3) is 0 Å². The van der Waals surface area contributed by atoms with Crippen LogP contribution in [0.15, 0.2) is 18.3 Å². The summed E-state index contributed by atoms with van der Waals surface area (Å²) in [6.07, 6.45) is 2.59. The third-order valence-corrected chi connectivity index (χ3v) is 2.81. The molecule has 0 atom stereocenters. The Morgan fingerprint density at radius 3 is 2.67 bits per heavy atom. The summed E-state index contributed by atoms with van der Waals surface area (Å²) in [5.74, 6) is -0.754. The molecule has 0 spiro atoms. The van der Waals surface area contributed by atoms with Crippen LogP contribution in [0.2, 0.25) is 0 Å². The smallest absolute Gasteiger partial charge is 0.240 e. The van der Waals surface area contributed by atoms with Crippen molar-refractivity contribution in [1.29, 1.82) is 0 Å². The molecule has 0 radical (unpaired) electrons. The largest absolute Gasteiger partial charge is 0.310 e. The van der Waals surface area contributed by atoms with Gasteiger partial charge in [-0.2, -0.15) is 0 Å². The Kier molecular flexibility index (Phi) is 4.03. The van der Waals surface area contributed by atoms with Crippen LogP contribution >= 0.6 is 22.6 Å². The van der Waals surface area contributed by atoms with Crippen LogP contribution in [0.5, 0.6) is 0 Å². The molecule has 0 aromatic carbocycles. The molecule has 0 bridgehead atoms. The molecule has 0 saturated carbocycles. The summed E-state index contributed by atoms with van der Waals surface area (Å²) < 4.78 is 22.5. The first-order valence-electron chi connectivity index (χ1n) is 3.96. The Bertz CT molecular complexity index is 455. The molecule has 1 N–H and O–H groups in total. The molecule has 0 aliphatic heterocycles. The van der Waals surface area contributed by atoms with E-state index in [1.54, 1.807) is 18.3 Å². The number of hydrogen-bond donors (Lipinski definition) is 1. The maximum atomic E-state index is 11.2. The van der Waals surface area contributed by atoms with Crippen molar-refractivity contribution in [1.82, 2.24) is 4.98 Å². The fourth-order valence-corrected chi connectivity index (χ4v) is 1.73. The molecule has 0 fully saturated rings. The van der Waals surface area contributed by atoms with Gasteiger partial charge in [0.15, 0.2) is 9.84 Å². The zero-order valence-electron chi connectivity index (χ0n) is 7.90. The first-order valence-corrected chi connectivity index (χ1v) is 7.10. The van der Waals surface area contributed by atoms with Crippen LogP contribution in [-0.4, -0.2) is 31.3 Å². The van der Waals surface area contributed by atoms with Crippen molar-refractivity contribution < 1.29 is 13.2 Å². The number of nitrogens with zero attached hydrogens (tertiary/aromatic N) is 1. The highest BCUT2D eigenvalue weighted by atomic mass is 127. The highest BCUT2D eigenvalue weighted by Crippen LogP contribution is 2.06. The molecule has 82 valence electrons. The monoisotopic (exact) mass is 340 g/mol. The second-order valence-electron chi connectivity index (χ2n) is 2.98. The lowest BCUT2D eigenvalue weighted by Crippen LogP contribution is -2.22. The highest BCUT2D eigenvalue weighted by molar-refractivity contribution is 14.1. The lowest BCUT2D eigenvalue weighted by molar-refractivity contribution is -0.113. The fraction of sp³-hybridized carbons (Fsp3) is 0.250. The number of carbonyl (C=O) groups excluding carboxylic acids is 1. The molecular formula is C8H9IN2O3S. The topological polar surface area (TPSA) is 76.1 Å². The summed E-state index contributed by atoms with van der Waals surface area (Å²) >= 11 is 2.08. The van der Waals surface area contributed by atoms with Crippen LogP contribution in [-0.2, 0) is 14.6 Å². The number of rotatable bonds is 3. The average molecular weight is 340 g/mol. The Morgan fingerprint density at radius 2 is 2.20 bits per heavy atom. The quantitative estimate of drug-likeness (QED) is 0.821. The molecule has 15 heavy (non-hydrogen) atoms. The molecular weight excluding hydrogens is 331 g/mol. The third kappa shape index (κ3) is 5.07. The lowest BCUT2D eigenvalue weighted by atomic mass is 10.4. The normalized spacial score (nSPS) is 11.1. The van der Waals surface area contributed by atoms with Crippen LogP contribution < -0.4 is 5.32 Å². The summed E-state index contributed by atoms with van der Waals surface area (Å²) in [7, 11) is -3.29. The van der Waals surface area contributed by atoms with E-state index in [2.05, 4.69) is 32.9 Å². The van der Waals surface area contributed by atoms with Gasteiger partial charge < -0.3 is 5.32 Å². The lowest BCUT2D eigenvalue weighted by Gasteiger charge is -2.02. The average Bonchev–Trinajstić information content (AvgIpc) is 2.05. The second-order valence-corrected chi connectivity index (χ2v) is 6.37. The summed E-state index contributed by atoms with van der Waals surface area (Å²) in [4.78, 5) is 15.1. The molecule has 7 heteroatoms. The van der Waals surface area contributed by atoms with Gasteiger partial charge in [-0.3, -0.25) is 4.79 Å². The van der Waals surface area contributed by atoms with Gasteiger partial charge in [-0.15, -0.1) is 0 Å². The van der Waals surface area contributed by atoms with Gasteiger partial charge in [0, 0.05) is 16.0 Å². The molecule has 0 aliphatic carbocycles. The van der Waals surface area contributed by atoms with Crippen molar-refractivity contribution >= 4 is 44.2 Å². The molecule has 0 saturated heterocycles. The van der Waals surface area contributed by atoms with Gasteiger partial charge in [0.05, 0.1) is 0 Å². The van der Waals surface area contributed by atoms with Crippen molar-refractivity contribution in [2.24, 2.45) is 0 Å². The van der Waals surface area contributed by atoms with E-state index in [0.29, 0.717) is 5.82 Å². The summed E-state index contributed by atoms with van der Waals surface area (Å²) in [5, 5.41) is 2.39. The van der Waals surface area contributed by atoms with Crippen molar-refractivity contribution in [3.05, 3.63) is 21.9 Å². The van der Waals surface area contributed by atoms with Gasteiger partial charge in [-0.1, -0.05) is 0 Å². The van der Waals surface area contributed by atoms with E-state index in [1.807, 2.05) is 0 Å². The Morgan fingerprint density at radius 1 is 1.53 bits per heavy atom. The minimum atomic E-state index is -3.29. The number of halogens is 1. The Labute approximate surface area is 101 Å². The van der Waals surface area contributed by atoms with E-state index < -0.39 is 21.5 Å². The molecule has 1 heterocycles. The van der Waals surface area contributed by atoms with Gasteiger partial charge in [-0.25, -0.2) is 13.4 Å². The second kappa shape index (κ2) is 4.88. The molecule has 5 nitrogen and oxygen atoms in total. The molecule has 1 aromatic heterocycles. The van der Waals surface area contributed by atoms with E-state index in [1.165, 1.54) is 0 Å². The van der Waals surface area contributed by atoms with Crippen molar-refractivity contribution in [2.75, 3.05) is 17.3 Å². The van der Waals surface area contributed by atoms with Gasteiger partial charge in [0.1, 0.15) is 11.6 Å². The molecule has 0 aliphatic rings. The number of carbonyl (C=O) groups is 1. The van der Waals surface area contributed by atoms with E-state index >= 15 is 0 Å².